The van der Waals surface area contributed by atoms with E-state index in [0.717, 1.165) is 29.4 Å². The van der Waals surface area contributed by atoms with Gasteiger partial charge in [0.15, 0.2) is 11.6 Å². The molecule has 3 heterocycles. The van der Waals surface area contributed by atoms with Gasteiger partial charge in [-0.05, 0) is 23.3 Å². The maximum Gasteiger partial charge on any atom is 0.253 e. The number of carbonyl (C=O) groups is 1. The molecule has 0 unspecified atom stereocenters. The first-order valence-electron chi connectivity index (χ1n) is 7.75. The smallest absolute Gasteiger partial charge is 0.253 e. The molecule has 126 valence electrons. The van der Waals surface area contributed by atoms with E-state index in [-0.39, 0.29) is 17.1 Å². The van der Waals surface area contributed by atoms with Crippen molar-refractivity contribution in [3.63, 3.8) is 0 Å². The number of carbonyl (C=O) groups excluding carboxylic acids is 1. The summed E-state index contributed by atoms with van der Waals surface area (Å²) >= 11 is 0. The molecule has 2 aromatic heterocycles. The molecule has 8 heteroatoms. The van der Waals surface area contributed by atoms with Gasteiger partial charge in [0, 0.05) is 19.2 Å². The highest BCUT2D eigenvalue weighted by molar-refractivity contribution is 5.94. The van der Waals surface area contributed by atoms with Crippen LogP contribution in [0.15, 0.2) is 36.8 Å². The number of ether oxygens (including phenoxy) is 1. The van der Waals surface area contributed by atoms with Gasteiger partial charge in [-0.1, -0.05) is 12.1 Å². The van der Waals surface area contributed by atoms with E-state index in [0.29, 0.717) is 13.2 Å². The molecule has 0 aliphatic carbocycles. The van der Waals surface area contributed by atoms with Gasteiger partial charge in [-0.2, -0.15) is 5.10 Å². The number of aromatic nitrogens is 4. The Morgan fingerprint density at radius 1 is 1.32 bits per heavy atom. The zero-order chi connectivity index (χ0) is 17.2. The lowest BCUT2D eigenvalue weighted by molar-refractivity contribution is 0.0950. The van der Waals surface area contributed by atoms with Gasteiger partial charge in [-0.15, -0.1) is 0 Å². The Hall–Kier alpha value is -3.29. The van der Waals surface area contributed by atoms with Gasteiger partial charge in [0.1, 0.15) is 17.8 Å². The second-order valence-corrected chi connectivity index (χ2v) is 5.61. The van der Waals surface area contributed by atoms with Crippen LogP contribution >= 0.6 is 0 Å². The number of fused-ring (bicyclic) bond motifs is 1. The zero-order valence-corrected chi connectivity index (χ0v) is 13.1. The minimum absolute atomic E-state index is 0.0210. The minimum atomic E-state index is -0.640. The molecule has 1 aromatic carbocycles. The van der Waals surface area contributed by atoms with Crippen molar-refractivity contribution in [2.24, 2.45) is 0 Å². The second kappa shape index (κ2) is 6.31. The maximum absolute atomic E-state index is 14.1. The van der Waals surface area contributed by atoms with Gasteiger partial charge in [0.25, 0.3) is 5.91 Å². The standard InChI is InChI=1S/C17H14FN5O2/c18-13-6-12(8-19-15(13)16-21-9-22-23-16)17(24)20-7-10-1-2-14-11(5-10)3-4-25-14/h1-2,5-6,8-9H,3-4,7H2,(H,20,24)(H,21,22,23). The summed E-state index contributed by atoms with van der Waals surface area (Å²) < 4.78 is 19.6. The Balaban J connectivity index is 1.45. The third kappa shape index (κ3) is 3.06. The van der Waals surface area contributed by atoms with Crippen LogP contribution in [0.3, 0.4) is 0 Å². The number of hydrogen-bond donors (Lipinski definition) is 2. The van der Waals surface area contributed by atoms with Crippen molar-refractivity contribution < 1.29 is 13.9 Å². The number of halogens is 1. The summed E-state index contributed by atoms with van der Waals surface area (Å²) in [5, 5.41) is 8.96. The lowest BCUT2D eigenvalue weighted by Crippen LogP contribution is -2.23. The van der Waals surface area contributed by atoms with Crippen LogP contribution in [0.2, 0.25) is 0 Å². The van der Waals surface area contributed by atoms with E-state index in [4.69, 9.17) is 4.74 Å². The topological polar surface area (TPSA) is 92.8 Å². The summed E-state index contributed by atoms with van der Waals surface area (Å²) in [5.74, 6) is 0.0699. The third-order valence-electron chi connectivity index (χ3n) is 3.95. The Morgan fingerprint density at radius 2 is 2.24 bits per heavy atom. The number of nitrogens with one attached hydrogen (secondary N) is 2. The summed E-state index contributed by atoms with van der Waals surface area (Å²) in [5.41, 5.74) is 2.26. The number of nitrogens with zero attached hydrogens (tertiary/aromatic N) is 3. The van der Waals surface area contributed by atoms with Gasteiger partial charge in [0.2, 0.25) is 0 Å². The van der Waals surface area contributed by atoms with E-state index in [1.54, 1.807) is 0 Å². The fraction of sp³-hybridized carbons (Fsp3) is 0.176. The first-order chi connectivity index (χ1) is 12.2. The summed E-state index contributed by atoms with van der Waals surface area (Å²) in [7, 11) is 0. The predicted octanol–water partition coefficient (Wildman–Crippen LogP) is 1.87. The van der Waals surface area contributed by atoms with Crippen molar-refractivity contribution in [1.29, 1.82) is 0 Å². The lowest BCUT2D eigenvalue weighted by atomic mass is 10.1. The number of amides is 1. The second-order valence-electron chi connectivity index (χ2n) is 5.61. The largest absolute Gasteiger partial charge is 0.493 e. The Morgan fingerprint density at radius 3 is 3.04 bits per heavy atom. The monoisotopic (exact) mass is 339 g/mol. The van der Waals surface area contributed by atoms with Crippen molar-refractivity contribution in [1.82, 2.24) is 25.5 Å². The number of benzene rings is 1. The molecule has 25 heavy (non-hydrogen) atoms. The van der Waals surface area contributed by atoms with Crippen LogP contribution in [-0.4, -0.2) is 32.7 Å². The highest BCUT2D eigenvalue weighted by Gasteiger charge is 2.15. The molecule has 2 N–H and O–H groups in total. The molecule has 4 rings (SSSR count). The fourth-order valence-corrected chi connectivity index (χ4v) is 2.69. The van der Waals surface area contributed by atoms with Gasteiger partial charge in [-0.25, -0.2) is 14.4 Å². The number of rotatable bonds is 4. The summed E-state index contributed by atoms with van der Waals surface area (Å²) in [4.78, 5) is 20.0. The van der Waals surface area contributed by atoms with Crippen LogP contribution in [0.5, 0.6) is 5.75 Å². The lowest BCUT2D eigenvalue weighted by Gasteiger charge is -2.07. The number of aromatic amines is 1. The molecule has 0 fully saturated rings. The maximum atomic E-state index is 14.1. The van der Waals surface area contributed by atoms with Gasteiger partial charge >= 0.3 is 0 Å². The van der Waals surface area contributed by atoms with E-state index >= 15 is 0 Å². The number of pyridine rings is 1. The summed E-state index contributed by atoms with van der Waals surface area (Å²) in [6.07, 6.45) is 3.45. The molecule has 1 aliphatic rings. The molecule has 0 spiro atoms. The van der Waals surface area contributed by atoms with E-state index in [9.17, 15) is 9.18 Å². The predicted molar refractivity (Wildman–Crippen MR) is 86.4 cm³/mol. The Kier molecular flexibility index (Phi) is 3.85. The zero-order valence-electron chi connectivity index (χ0n) is 13.1. The van der Waals surface area contributed by atoms with Crippen LogP contribution in [0.4, 0.5) is 4.39 Å². The van der Waals surface area contributed by atoms with Crippen molar-refractivity contribution in [2.75, 3.05) is 6.61 Å². The minimum Gasteiger partial charge on any atom is -0.493 e. The Labute approximate surface area is 142 Å². The van der Waals surface area contributed by atoms with Crippen LogP contribution in [0.25, 0.3) is 11.5 Å². The van der Waals surface area contributed by atoms with Gasteiger partial charge in [-0.3, -0.25) is 9.89 Å². The van der Waals surface area contributed by atoms with Crippen molar-refractivity contribution in [3.8, 4) is 17.3 Å². The molecular formula is C17H14FN5O2. The number of H-pyrrole nitrogens is 1. The van der Waals surface area contributed by atoms with E-state index < -0.39 is 11.7 Å². The molecular weight excluding hydrogens is 325 g/mol. The normalized spacial score (nSPS) is 12.5. The summed E-state index contributed by atoms with van der Waals surface area (Å²) in [6.45, 7) is 1.03. The van der Waals surface area contributed by atoms with E-state index in [2.05, 4.69) is 25.5 Å². The van der Waals surface area contributed by atoms with E-state index in [1.165, 1.54) is 12.5 Å². The average molecular weight is 339 g/mol. The van der Waals surface area contributed by atoms with Crippen molar-refractivity contribution in [2.45, 2.75) is 13.0 Å². The molecule has 0 radical (unpaired) electrons. The summed E-state index contributed by atoms with van der Waals surface area (Å²) in [6, 6.07) is 6.94. The first-order valence-corrected chi connectivity index (χ1v) is 7.75. The number of hydrogen-bond acceptors (Lipinski definition) is 5. The van der Waals surface area contributed by atoms with Crippen LogP contribution in [-0.2, 0) is 13.0 Å². The quantitative estimate of drug-likeness (QED) is 0.757. The molecule has 3 aromatic rings. The van der Waals surface area contributed by atoms with Crippen molar-refractivity contribution >= 4 is 5.91 Å². The molecule has 1 aliphatic heterocycles. The molecule has 0 saturated carbocycles. The van der Waals surface area contributed by atoms with Crippen LogP contribution in [0, 0.1) is 5.82 Å². The van der Waals surface area contributed by atoms with Gasteiger partial charge in [0.05, 0.1) is 12.2 Å². The SMILES string of the molecule is O=C(NCc1ccc2c(c1)CCO2)c1cnc(-c2ncn[nH]2)c(F)c1. The fourth-order valence-electron chi connectivity index (χ4n) is 2.69. The molecule has 7 nitrogen and oxygen atoms in total. The highest BCUT2D eigenvalue weighted by Crippen LogP contribution is 2.25. The van der Waals surface area contributed by atoms with E-state index in [1.807, 2.05) is 18.2 Å². The molecule has 0 atom stereocenters. The first kappa shape index (κ1) is 15.3. The third-order valence-corrected chi connectivity index (χ3v) is 3.95. The van der Waals surface area contributed by atoms with Crippen molar-refractivity contribution in [3.05, 3.63) is 59.3 Å². The Bertz CT molecular complexity index is 927. The van der Waals surface area contributed by atoms with Crippen LogP contribution in [0.1, 0.15) is 21.5 Å². The van der Waals surface area contributed by atoms with Gasteiger partial charge < -0.3 is 10.1 Å². The molecule has 0 bridgehead atoms. The molecule has 1 amide bonds. The van der Waals surface area contributed by atoms with Crippen LogP contribution < -0.4 is 10.1 Å². The molecule has 0 saturated heterocycles. The average Bonchev–Trinajstić information content (AvgIpc) is 3.30. The highest BCUT2D eigenvalue weighted by atomic mass is 19.1.